The monoisotopic (exact) mass is 450 g/mol. The number of fused-ring (bicyclic) bond motifs is 1. The van der Waals surface area contributed by atoms with Crippen molar-refractivity contribution in [2.45, 2.75) is 6.54 Å². The number of nitrogens with zero attached hydrogens (tertiary/aromatic N) is 1. The Kier molecular flexibility index (Phi) is 5.74. The van der Waals surface area contributed by atoms with Crippen molar-refractivity contribution in [1.29, 1.82) is 0 Å². The van der Waals surface area contributed by atoms with E-state index in [4.69, 9.17) is 9.47 Å². The summed E-state index contributed by atoms with van der Waals surface area (Å²) in [6, 6.07) is 13.1. The van der Waals surface area contributed by atoms with Crippen LogP contribution in [0.15, 0.2) is 53.9 Å². The highest BCUT2D eigenvalue weighted by Crippen LogP contribution is 2.28. The molecular formula is C23H18N2O6S. The van der Waals surface area contributed by atoms with Crippen molar-refractivity contribution in [3.8, 4) is 5.75 Å². The summed E-state index contributed by atoms with van der Waals surface area (Å²) in [5.74, 6) is -1.51. The third kappa shape index (κ3) is 3.74. The van der Waals surface area contributed by atoms with Crippen LogP contribution in [0.1, 0.15) is 46.3 Å². The van der Waals surface area contributed by atoms with Gasteiger partial charge in [0.1, 0.15) is 10.6 Å². The van der Waals surface area contributed by atoms with Crippen LogP contribution < -0.4 is 10.1 Å². The largest absolute Gasteiger partial charge is 0.496 e. The highest BCUT2D eigenvalue weighted by Gasteiger charge is 2.35. The molecule has 32 heavy (non-hydrogen) atoms. The van der Waals surface area contributed by atoms with Crippen LogP contribution in [0.4, 0.5) is 5.69 Å². The molecule has 4 rings (SSSR count). The first kappa shape index (κ1) is 21.3. The van der Waals surface area contributed by atoms with Gasteiger partial charge in [-0.1, -0.05) is 18.2 Å². The molecule has 1 N–H and O–H groups in total. The van der Waals surface area contributed by atoms with Crippen molar-refractivity contribution in [2.75, 3.05) is 19.5 Å². The molecule has 0 bridgehead atoms. The summed E-state index contributed by atoms with van der Waals surface area (Å²) >= 11 is 1.15. The maximum Gasteiger partial charge on any atom is 0.350 e. The summed E-state index contributed by atoms with van der Waals surface area (Å²) in [5, 5.41) is 4.36. The SMILES string of the molecule is COC(=O)c1sccc1NC(=O)c1cc(CN2C(=O)c3ccccc3C2=O)ccc1OC. The predicted octanol–water partition coefficient (Wildman–Crippen LogP) is 3.59. The molecule has 0 spiro atoms. The second kappa shape index (κ2) is 8.64. The van der Waals surface area contributed by atoms with Crippen LogP contribution in [-0.4, -0.2) is 42.8 Å². The Bertz CT molecular complexity index is 1210. The van der Waals surface area contributed by atoms with E-state index in [0.29, 0.717) is 28.1 Å². The van der Waals surface area contributed by atoms with E-state index in [1.54, 1.807) is 53.9 Å². The van der Waals surface area contributed by atoms with Gasteiger partial charge in [-0.25, -0.2) is 4.79 Å². The Morgan fingerprint density at radius 1 is 1.00 bits per heavy atom. The Hall–Kier alpha value is -3.98. The number of carbonyl (C=O) groups excluding carboxylic acids is 4. The zero-order valence-corrected chi connectivity index (χ0v) is 18.0. The highest BCUT2D eigenvalue weighted by molar-refractivity contribution is 7.12. The molecular weight excluding hydrogens is 432 g/mol. The van der Waals surface area contributed by atoms with Gasteiger partial charge in [0, 0.05) is 0 Å². The van der Waals surface area contributed by atoms with Crippen molar-refractivity contribution in [2.24, 2.45) is 0 Å². The predicted molar refractivity (Wildman–Crippen MR) is 117 cm³/mol. The van der Waals surface area contributed by atoms with Crippen LogP contribution in [0.3, 0.4) is 0 Å². The summed E-state index contributed by atoms with van der Waals surface area (Å²) in [5.41, 5.74) is 1.81. The Morgan fingerprint density at radius 3 is 2.31 bits per heavy atom. The molecule has 1 aliphatic heterocycles. The van der Waals surface area contributed by atoms with Crippen molar-refractivity contribution >= 4 is 40.7 Å². The van der Waals surface area contributed by atoms with Gasteiger partial charge in [0.2, 0.25) is 0 Å². The van der Waals surface area contributed by atoms with E-state index in [-0.39, 0.29) is 28.8 Å². The number of thiophene rings is 1. The van der Waals surface area contributed by atoms with E-state index in [1.165, 1.54) is 14.2 Å². The first-order valence-electron chi connectivity index (χ1n) is 9.54. The number of hydrogen-bond donors (Lipinski definition) is 1. The van der Waals surface area contributed by atoms with E-state index < -0.39 is 11.9 Å². The van der Waals surface area contributed by atoms with Crippen molar-refractivity contribution in [3.05, 3.63) is 81.0 Å². The molecule has 0 radical (unpaired) electrons. The Morgan fingerprint density at radius 2 is 1.69 bits per heavy atom. The number of anilines is 1. The second-order valence-corrected chi connectivity index (χ2v) is 7.80. The molecule has 3 aromatic rings. The van der Waals surface area contributed by atoms with Crippen LogP contribution in [0.5, 0.6) is 5.75 Å². The smallest absolute Gasteiger partial charge is 0.350 e. The first-order valence-corrected chi connectivity index (χ1v) is 10.4. The van der Waals surface area contributed by atoms with E-state index >= 15 is 0 Å². The molecule has 0 atom stereocenters. The average molecular weight is 450 g/mol. The van der Waals surface area contributed by atoms with Crippen molar-refractivity contribution in [1.82, 2.24) is 4.90 Å². The van der Waals surface area contributed by atoms with Gasteiger partial charge in [0.05, 0.1) is 43.1 Å². The summed E-state index contributed by atoms with van der Waals surface area (Å²) in [6.45, 7) is 0.00246. The van der Waals surface area contributed by atoms with E-state index in [2.05, 4.69) is 5.32 Å². The van der Waals surface area contributed by atoms with E-state index in [9.17, 15) is 19.2 Å². The fraction of sp³-hybridized carbons (Fsp3) is 0.130. The standard InChI is InChI=1S/C23H18N2O6S/c1-30-18-8-7-13(12-25-21(27)14-5-3-4-6-15(14)22(25)28)11-16(18)20(26)24-17-9-10-32-19(17)23(29)31-2/h3-11H,12H2,1-2H3,(H,24,26). The number of carbonyl (C=O) groups is 4. The fourth-order valence-corrected chi connectivity index (χ4v) is 4.21. The lowest BCUT2D eigenvalue weighted by Crippen LogP contribution is -2.29. The minimum Gasteiger partial charge on any atom is -0.496 e. The minimum atomic E-state index is -0.554. The number of amides is 3. The number of methoxy groups -OCH3 is 2. The minimum absolute atomic E-state index is 0.00246. The van der Waals surface area contributed by atoms with Crippen LogP contribution >= 0.6 is 11.3 Å². The van der Waals surface area contributed by atoms with Crippen LogP contribution in [0.2, 0.25) is 0 Å². The van der Waals surface area contributed by atoms with Crippen LogP contribution in [0.25, 0.3) is 0 Å². The number of imide groups is 1. The number of nitrogens with one attached hydrogen (secondary N) is 1. The summed E-state index contributed by atoms with van der Waals surface area (Å²) in [7, 11) is 2.69. The van der Waals surface area contributed by atoms with Gasteiger partial charge in [-0.05, 0) is 41.3 Å². The van der Waals surface area contributed by atoms with Gasteiger partial charge in [-0.2, -0.15) is 0 Å². The molecule has 0 fully saturated rings. The maximum absolute atomic E-state index is 13.0. The van der Waals surface area contributed by atoms with Crippen molar-refractivity contribution in [3.63, 3.8) is 0 Å². The molecule has 1 aliphatic rings. The third-order valence-corrected chi connectivity index (χ3v) is 5.91. The van der Waals surface area contributed by atoms with Gasteiger partial charge < -0.3 is 14.8 Å². The third-order valence-electron chi connectivity index (χ3n) is 5.01. The number of rotatable bonds is 6. The van der Waals surface area contributed by atoms with Crippen LogP contribution in [-0.2, 0) is 11.3 Å². The molecule has 2 heterocycles. The normalized spacial score (nSPS) is 12.5. The van der Waals surface area contributed by atoms with Gasteiger partial charge in [-0.3, -0.25) is 19.3 Å². The van der Waals surface area contributed by atoms with Gasteiger partial charge >= 0.3 is 5.97 Å². The van der Waals surface area contributed by atoms with Crippen molar-refractivity contribution < 1.29 is 28.7 Å². The summed E-state index contributed by atoms with van der Waals surface area (Å²) in [4.78, 5) is 51.6. The topological polar surface area (TPSA) is 102 Å². The molecule has 8 nitrogen and oxygen atoms in total. The fourth-order valence-electron chi connectivity index (χ4n) is 3.44. The molecule has 162 valence electrons. The zero-order chi connectivity index (χ0) is 22.8. The Labute approximate surface area is 187 Å². The molecule has 9 heteroatoms. The molecule has 0 aliphatic carbocycles. The molecule has 0 saturated carbocycles. The quantitative estimate of drug-likeness (QED) is 0.455. The molecule has 3 amide bonds. The molecule has 0 saturated heterocycles. The number of hydrogen-bond acceptors (Lipinski definition) is 7. The molecule has 0 unspecified atom stereocenters. The summed E-state index contributed by atoms with van der Waals surface area (Å²) in [6.07, 6.45) is 0. The second-order valence-electron chi connectivity index (χ2n) is 6.89. The van der Waals surface area contributed by atoms with Crippen LogP contribution in [0, 0.1) is 0 Å². The van der Waals surface area contributed by atoms with E-state index in [1.807, 2.05) is 0 Å². The number of esters is 1. The Balaban J connectivity index is 1.59. The lowest BCUT2D eigenvalue weighted by molar-refractivity contribution is 0.0604. The summed E-state index contributed by atoms with van der Waals surface area (Å²) < 4.78 is 10.0. The number of ether oxygens (including phenoxy) is 2. The lowest BCUT2D eigenvalue weighted by atomic mass is 10.1. The number of benzene rings is 2. The highest BCUT2D eigenvalue weighted by atomic mass is 32.1. The maximum atomic E-state index is 13.0. The van der Waals surface area contributed by atoms with Gasteiger partial charge in [-0.15, -0.1) is 11.3 Å². The van der Waals surface area contributed by atoms with Gasteiger partial charge in [0.15, 0.2) is 0 Å². The molecule has 1 aromatic heterocycles. The molecule has 2 aromatic carbocycles. The van der Waals surface area contributed by atoms with Gasteiger partial charge in [0.25, 0.3) is 17.7 Å². The lowest BCUT2D eigenvalue weighted by Gasteiger charge is -2.16. The first-order chi connectivity index (χ1) is 15.4. The average Bonchev–Trinajstić information content (AvgIpc) is 3.37. The van der Waals surface area contributed by atoms with E-state index in [0.717, 1.165) is 16.2 Å². The zero-order valence-electron chi connectivity index (χ0n) is 17.2.